The lowest BCUT2D eigenvalue weighted by Crippen LogP contribution is -2.36. The van der Waals surface area contributed by atoms with E-state index in [1.165, 1.54) is 12.1 Å². The van der Waals surface area contributed by atoms with Crippen LogP contribution in [0.4, 0.5) is 17.3 Å². The summed E-state index contributed by atoms with van der Waals surface area (Å²) in [4.78, 5) is 20.8. The van der Waals surface area contributed by atoms with Crippen molar-refractivity contribution >= 4 is 23.3 Å². The van der Waals surface area contributed by atoms with E-state index >= 15 is 0 Å². The standard InChI is InChI=1S/C21H20N4O3/c26-20(27)16-3-1-15(2-4-16)19-9-10-22-21(24-19)23-17-5-7-18(8-6-17)25-11-13-28-14-12-25/h1-10H,11-14H2,(H,26,27)(H,22,23,24)/i11D2,12D2. The molecule has 2 N–H and O–H groups in total. The maximum Gasteiger partial charge on any atom is 0.335 e. The highest BCUT2D eigenvalue weighted by atomic mass is 16.5. The second kappa shape index (κ2) is 8.06. The summed E-state index contributed by atoms with van der Waals surface area (Å²) in [7, 11) is 0. The number of aromatic carboxylic acids is 1. The van der Waals surface area contributed by atoms with Crippen LogP contribution in [-0.2, 0) is 4.74 Å². The van der Waals surface area contributed by atoms with E-state index in [4.69, 9.17) is 15.3 Å². The van der Waals surface area contributed by atoms with Crippen molar-refractivity contribution < 1.29 is 20.1 Å². The first-order chi connectivity index (χ1) is 15.2. The van der Waals surface area contributed by atoms with Gasteiger partial charge in [0.2, 0.25) is 5.95 Å². The molecule has 1 aromatic heterocycles. The van der Waals surface area contributed by atoms with Crippen LogP contribution in [0.15, 0.2) is 60.8 Å². The summed E-state index contributed by atoms with van der Waals surface area (Å²) in [5.74, 6) is -0.669. The van der Waals surface area contributed by atoms with Crippen molar-refractivity contribution in [1.29, 1.82) is 0 Å². The zero-order chi connectivity index (χ0) is 22.9. The molecule has 1 aliphatic rings. The molecule has 7 nitrogen and oxygen atoms in total. The van der Waals surface area contributed by atoms with Crippen molar-refractivity contribution in [2.24, 2.45) is 0 Å². The smallest absolute Gasteiger partial charge is 0.335 e. The van der Waals surface area contributed by atoms with Crippen molar-refractivity contribution in [2.45, 2.75) is 0 Å². The van der Waals surface area contributed by atoms with Crippen molar-refractivity contribution in [3.8, 4) is 11.3 Å². The number of carboxylic acid groups (broad SMARTS) is 1. The first-order valence-corrected chi connectivity index (χ1v) is 8.58. The zero-order valence-electron chi connectivity index (χ0n) is 18.8. The summed E-state index contributed by atoms with van der Waals surface area (Å²) >= 11 is 0. The molecular weight excluding hydrogens is 356 g/mol. The summed E-state index contributed by atoms with van der Waals surface area (Å²) < 4.78 is 37.5. The van der Waals surface area contributed by atoms with Gasteiger partial charge >= 0.3 is 5.97 Å². The van der Waals surface area contributed by atoms with Gasteiger partial charge in [-0.25, -0.2) is 14.8 Å². The van der Waals surface area contributed by atoms with E-state index in [0.717, 1.165) is 10.5 Å². The number of ether oxygens (including phenoxy) is 1. The number of carboxylic acids is 1. The van der Waals surface area contributed by atoms with E-state index in [0.29, 0.717) is 23.0 Å². The van der Waals surface area contributed by atoms with Gasteiger partial charge in [-0.05, 0) is 42.5 Å². The molecule has 0 saturated carbocycles. The third-order valence-electron chi connectivity index (χ3n) is 4.11. The first-order valence-electron chi connectivity index (χ1n) is 10.6. The fourth-order valence-electron chi connectivity index (χ4n) is 2.70. The lowest BCUT2D eigenvalue weighted by molar-refractivity contribution is 0.0697. The van der Waals surface area contributed by atoms with Gasteiger partial charge in [-0.1, -0.05) is 12.1 Å². The van der Waals surface area contributed by atoms with Crippen LogP contribution in [0.2, 0.25) is 0 Å². The highest BCUT2D eigenvalue weighted by molar-refractivity contribution is 5.88. The molecule has 0 radical (unpaired) electrons. The van der Waals surface area contributed by atoms with Crippen molar-refractivity contribution in [1.82, 2.24) is 9.97 Å². The number of morpholine rings is 1. The number of aromatic nitrogens is 2. The highest BCUT2D eigenvalue weighted by Gasteiger charge is 2.11. The molecule has 3 aromatic rings. The molecule has 1 fully saturated rings. The molecule has 0 spiro atoms. The van der Waals surface area contributed by atoms with Crippen LogP contribution in [0, 0.1) is 0 Å². The van der Waals surface area contributed by atoms with Gasteiger partial charge in [0.05, 0.1) is 30.0 Å². The van der Waals surface area contributed by atoms with Crippen LogP contribution in [0.25, 0.3) is 11.3 Å². The SMILES string of the molecule is [2H]C1([2H])COCC([2H])([2H])N1c1ccc(Nc2nccc(-c3ccc(C(=O)O)cc3)n2)cc1. The minimum atomic E-state index is -1.98. The molecule has 2 heterocycles. The van der Waals surface area contributed by atoms with E-state index in [2.05, 4.69) is 15.3 Å². The summed E-state index contributed by atoms with van der Waals surface area (Å²) in [5, 5.41) is 12.1. The van der Waals surface area contributed by atoms with Crippen molar-refractivity contribution in [2.75, 3.05) is 36.4 Å². The number of anilines is 3. The Labute approximate surface area is 168 Å². The molecule has 4 rings (SSSR count). The topological polar surface area (TPSA) is 87.6 Å². The molecular formula is C21H20N4O3. The van der Waals surface area contributed by atoms with Gasteiger partial charge in [-0.3, -0.25) is 0 Å². The van der Waals surface area contributed by atoms with Crippen molar-refractivity contribution in [3.05, 3.63) is 66.4 Å². The Morgan fingerprint density at radius 3 is 2.46 bits per heavy atom. The van der Waals surface area contributed by atoms with Crippen LogP contribution in [0.3, 0.4) is 0 Å². The number of benzene rings is 2. The third-order valence-corrected chi connectivity index (χ3v) is 4.11. The number of carbonyl (C=O) groups is 1. The maximum absolute atomic E-state index is 11.0. The monoisotopic (exact) mass is 380 g/mol. The average Bonchev–Trinajstić information content (AvgIpc) is 2.74. The molecule has 2 aromatic carbocycles. The molecule has 0 bridgehead atoms. The molecule has 1 saturated heterocycles. The minimum Gasteiger partial charge on any atom is -0.478 e. The second-order valence-corrected chi connectivity index (χ2v) is 5.96. The van der Waals surface area contributed by atoms with E-state index in [-0.39, 0.29) is 18.8 Å². The molecule has 7 heteroatoms. The van der Waals surface area contributed by atoms with E-state index in [1.54, 1.807) is 48.7 Å². The normalized spacial score (nSPS) is 19.6. The minimum absolute atomic E-state index is 0.190. The number of nitrogens with one attached hydrogen (secondary N) is 1. The van der Waals surface area contributed by atoms with E-state index in [9.17, 15) is 4.79 Å². The van der Waals surface area contributed by atoms with E-state index < -0.39 is 19.0 Å². The van der Waals surface area contributed by atoms with Crippen molar-refractivity contribution in [3.63, 3.8) is 0 Å². The third kappa shape index (κ3) is 4.10. The van der Waals surface area contributed by atoms with E-state index in [1.807, 2.05) is 0 Å². The Bertz CT molecular complexity index is 1110. The van der Waals surface area contributed by atoms with Crippen LogP contribution in [0.5, 0.6) is 0 Å². The molecule has 0 unspecified atom stereocenters. The van der Waals surface area contributed by atoms with Gasteiger partial charge in [-0.15, -0.1) is 0 Å². The summed E-state index contributed by atoms with van der Waals surface area (Å²) in [6.45, 7) is -4.41. The highest BCUT2D eigenvalue weighted by Crippen LogP contribution is 2.22. The number of hydrogen-bond acceptors (Lipinski definition) is 6. The number of hydrogen-bond donors (Lipinski definition) is 2. The van der Waals surface area contributed by atoms with Gasteiger partial charge in [0, 0.05) is 36.1 Å². The fraction of sp³-hybridized carbons (Fsp3) is 0.190. The first kappa shape index (κ1) is 13.7. The zero-order valence-corrected chi connectivity index (χ0v) is 14.8. The Morgan fingerprint density at radius 1 is 1.07 bits per heavy atom. The predicted octanol–water partition coefficient (Wildman–Crippen LogP) is 3.42. The molecule has 1 aliphatic heterocycles. The molecule has 0 aliphatic carbocycles. The van der Waals surface area contributed by atoms with Gasteiger partial charge in [0.15, 0.2) is 0 Å². The van der Waals surface area contributed by atoms with Gasteiger partial charge < -0.3 is 20.1 Å². The second-order valence-electron chi connectivity index (χ2n) is 5.96. The van der Waals surface area contributed by atoms with Gasteiger partial charge in [0.1, 0.15) is 0 Å². The summed E-state index contributed by atoms with van der Waals surface area (Å²) in [6.07, 6.45) is 1.58. The molecule has 0 atom stereocenters. The average molecular weight is 380 g/mol. The van der Waals surface area contributed by atoms with Crippen LogP contribution in [-0.4, -0.2) is 47.3 Å². The van der Waals surface area contributed by atoms with Crippen LogP contribution >= 0.6 is 0 Å². The van der Waals surface area contributed by atoms with Crippen LogP contribution in [0.1, 0.15) is 15.8 Å². The van der Waals surface area contributed by atoms with Gasteiger partial charge in [0.25, 0.3) is 0 Å². The maximum atomic E-state index is 11.0. The lowest BCUT2D eigenvalue weighted by Gasteiger charge is -2.28. The lowest BCUT2D eigenvalue weighted by atomic mass is 10.1. The molecule has 28 heavy (non-hydrogen) atoms. The quantitative estimate of drug-likeness (QED) is 0.701. The van der Waals surface area contributed by atoms with Gasteiger partial charge in [-0.2, -0.15) is 0 Å². The Hall–Kier alpha value is -3.45. The predicted molar refractivity (Wildman–Crippen MR) is 107 cm³/mol. The Balaban J connectivity index is 1.53. The van der Waals surface area contributed by atoms with Crippen LogP contribution < -0.4 is 10.2 Å². The number of nitrogens with zero attached hydrogens (tertiary/aromatic N) is 3. The largest absolute Gasteiger partial charge is 0.478 e. The Morgan fingerprint density at radius 2 is 1.79 bits per heavy atom. The Kier molecular flexibility index (Phi) is 3.94. The fourth-order valence-corrected chi connectivity index (χ4v) is 2.70. The summed E-state index contributed by atoms with van der Waals surface area (Å²) in [5.41, 5.74) is 2.58. The summed E-state index contributed by atoms with van der Waals surface area (Å²) in [6, 6.07) is 14.7. The molecule has 0 amide bonds. The molecule has 142 valence electrons. The number of rotatable bonds is 5.